The number of hydrogen-bond donors (Lipinski definition) is 1. The Kier molecular flexibility index (Phi) is 5.13. The highest BCUT2D eigenvalue weighted by atomic mass is 32.2. The molecular weight excluding hydrogens is 274 g/mol. The molecular formula is C19H25NS. The van der Waals surface area contributed by atoms with Gasteiger partial charge in [-0.1, -0.05) is 47.7 Å². The maximum atomic E-state index is 3.57. The van der Waals surface area contributed by atoms with E-state index in [9.17, 15) is 0 Å². The van der Waals surface area contributed by atoms with Gasteiger partial charge in [0.1, 0.15) is 0 Å². The van der Waals surface area contributed by atoms with Crippen LogP contribution >= 0.6 is 11.8 Å². The molecule has 0 aliphatic rings. The first-order valence-electron chi connectivity index (χ1n) is 7.43. The lowest BCUT2D eigenvalue weighted by molar-refractivity contribution is 0.422. The first kappa shape index (κ1) is 16.1. The number of rotatable bonds is 4. The van der Waals surface area contributed by atoms with Gasteiger partial charge in [0, 0.05) is 21.9 Å². The lowest BCUT2D eigenvalue weighted by Gasteiger charge is -2.21. The average molecular weight is 299 g/mol. The first-order valence-corrected chi connectivity index (χ1v) is 8.25. The molecule has 0 radical (unpaired) electrons. The molecule has 1 nitrogen and oxygen atoms in total. The van der Waals surface area contributed by atoms with Crippen LogP contribution in [0.5, 0.6) is 0 Å². The van der Waals surface area contributed by atoms with Gasteiger partial charge in [-0.3, -0.25) is 0 Å². The van der Waals surface area contributed by atoms with Gasteiger partial charge in [-0.05, 0) is 57.9 Å². The van der Waals surface area contributed by atoms with Gasteiger partial charge in [0.25, 0.3) is 0 Å². The molecule has 112 valence electrons. The van der Waals surface area contributed by atoms with E-state index in [2.05, 4.69) is 82.4 Å². The summed E-state index contributed by atoms with van der Waals surface area (Å²) < 4.78 is 0. The van der Waals surface area contributed by atoms with Crippen molar-refractivity contribution in [3.05, 3.63) is 59.2 Å². The Bertz CT molecular complexity index is 611. The summed E-state index contributed by atoms with van der Waals surface area (Å²) >= 11 is 1.86. The Morgan fingerprint density at radius 2 is 1.67 bits per heavy atom. The Labute approximate surface area is 133 Å². The summed E-state index contributed by atoms with van der Waals surface area (Å²) in [6.45, 7) is 11.8. The van der Waals surface area contributed by atoms with Crippen LogP contribution in [0.15, 0.2) is 52.3 Å². The molecule has 2 aromatic carbocycles. The minimum absolute atomic E-state index is 0.136. The molecule has 0 aliphatic heterocycles. The van der Waals surface area contributed by atoms with Crippen molar-refractivity contribution in [2.75, 3.05) is 0 Å². The highest BCUT2D eigenvalue weighted by Crippen LogP contribution is 2.33. The second-order valence-corrected chi connectivity index (χ2v) is 7.67. The molecule has 0 bridgehead atoms. The minimum atomic E-state index is 0.136. The molecule has 0 aliphatic carbocycles. The Morgan fingerprint density at radius 3 is 2.33 bits per heavy atom. The number of hydrogen-bond acceptors (Lipinski definition) is 2. The topological polar surface area (TPSA) is 12.0 Å². The molecule has 0 fully saturated rings. The summed E-state index contributed by atoms with van der Waals surface area (Å²) in [6, 6.07) is 15.3. The highest BCUT2D eigenvalue weighted by molar-refractivity contribution is 7.99. The molecule has 2 aromatic rings. The lowest BCUT2D eigenvalue weighted by Crippen LogP contribution is -2.35. The fourth-order valence-corrected chi connectivity index (χ4v) is 3.15. The molecule has 2 rings (SSSR count). The van der Waals surface area contributed by atoms with Crippen LogP contribution in [0.3, 0.4) is 0 Å². The second-order valence-electron chi connectivity index (χ2n) is 6.58. The average Bonchev–Trinajstić information content (AvgIpc) is 2.40. The molecule has 0 unspecified atom stereocenters. The summed E-state index contributed by atoms with van der Waals surface area (Å²) in [4.78, 5) is 2.67. The van der Waals surface area contributed by atoms with Crippen LogP contribution in [-0.4, -0.2) is 5.54 Å². The van der Waals surface area contributed by atoms with Crippen LogP contribution in [0.25, 0.3) is 0 Å². The van der Waals surface area contributed by atoms with Crippen LogP contribution in [-0.2, 0) is 6.54 Å². The Balaban J connectivity index is 2.20. The number of benzene rings is 2. The van der Waals surface area contributed by atoms with Crippen molar-refractivity contribution in [3.8, 4) is 0 Å². The SMILES string of the molecule is Cc1ccc(Sc2ccccc2CNC(C)(C)C)c(C)c1. The van der Waals surface area contributed by atoms with Gasteiger partial charge in [0.15, 0.2) is 0 Å². The zero-order chi connectivity index (χ0) is 15.5. The van der Waals surface area contributed by atoms with Crippen molar-refractivity contribution >= 4 is 11.8 Å². The van der Waals surface area contributed by atoms with Gasteiger partial charge < -0.3 is 5.32 Å². The van der Waals surface area contributed by atoms with E-state index in [1.54, 1.807) is 0 Å². The molecule has 2 heteroatoms. The van der Waals surface area contributed by atoms with Gasteiger partial charge in [-0.2, -0.15) is 0 Å². The van der Waals surface area contributed by atoms with Crippen LogP contribution in [0.2, 0.25) is 0 Å². The first-order chi connectivity index (χ1) is 9.85. The Hall–Kier alpha value is -1.25. The standard InChI is InChI=1S/C19H25NS/c1-14-10-11-17(15(2)12-14)21-18-9-7-6-8-16(18)13-20-19(3,4)5/h6-12,20H,13H2,1-5H3. The van der Waals surface area contributed by atoms with Crippen LogP contribution in [0, 0.1) is 13.8 Å². The predicted octanol–water partition coefficient (Wildman–Crippen LogP) is 5.34. The fraction of sp³-hybridized carbons (Fsp3) is 0.368. The third kappa shape index (κ3) is 4.90. The zero-order valence-corrected chi connectivity index (χ0v) is 14.5. The smallest absolute Gasteiger partial charge is 0.0221 e. The van der Waals surface area contributed by atoms with E-state index >= 15 is 0 Å². The van der Waals surface area contributed by atoms with E-state index in [1.807, 2.05) is 11.8 Å². The van der Waals surface area contributed by atoms with Gasteiger partial charge in [-0.25, -0.2) is 0 Å². The minimum Gasteiger partial charge on any atom is -0.308 e. The van der Waals surface area contributed by atoms with E-state index in [-0.39, 0.29) is 5.54 Å². The van der Waals surface area contributed by atoms with Crippen molar-refractivity contribution in [1.82, 2.24) is 5.32 Å². The van der Waals surface area contributed by atoms with Crippen LogP contribution in [0.4, 0.5) is 0 Å². The molecule has 0 amide bonds. The summed E-state index contributed by atoms with van der Waals surface area (Å²) in [5.41, 5.74) is 4.16. The monoisotopic (exact) mass is 299 g/mol. The van der Waals surface area contributed by atoms with Crippen LogP contribution in [0.1, 0.15) is 37.5 Å². The van der Waals surface area contributed by atoms with E-state index < -0.39 is 0 Å². The quantitative estimate of drug-likeness (QED) is 0.817. The Morgan fingerprint density at radius 1 is 0.952 bits per heavy atom. The molecule has 0 saturated carbocycles. The van der Waals surface area contributed by atoms with Crippen molar-refractivity contribution < 1.29 is 0 Å². The van der Waals surface area contributed by atoms with Crippen molar-refractivity contribution in [3.63, 3.8) is 0 Å². The molecule has 21 heavy (non-hydrogen) atoms. The van der Waals surface area contributed by atoms with Gasteiger partial charge in [0.05, 0.1) is 0 Å². The van der Waals surface area contributed by atoms with E-state index in [0.29, 0.717) is 0 Å². The van der Waals surface area contributed by atoms with Gasteiger partial charge >= 0.3 is 0 Å². The van der Waals surface area contributed by atoms with Gasteiger partial charge in [0.2, 0.25) is 0 Å². The second kappa shape index (κ2) is 6.67. The molecule has 0 saturated heterocycles. The fourth-order valence-electron chi connectivity index (χ4n) is 2.14. The molecule has 0 aromatic heterocycles. The molecule has 0 spiro atoms. The largest absolute Gasteiger partial charge is 0.308 e. The van der Waals surface area contributed by atoms with E-state index in [1.165, 1.54) is 26.5 Å². The highest BCUT2D eigenvalue weighted by Gasteiger charge is 2.11. The normalized spacial score (nSPS) is 11.7. The summed E-state index contributed by atoms with van der Waals surface area (Å²) in [6.07, 6.45) is 0. The number of nitrogens with one attached hydrogen (secondary N) is 1. The lowest BCUT2D eigenvalue weighted by atomic mass is 10.1. The van der Waals surface area contributed by atoms with Crippen molar-refractivity contribution in [2.45, 2.75) is 56.5 Å². The summed E-state index contributed by atoms with van der Waals surface area (Å²) in [7, 11) is 0. The van der Waals surface area contributed by atoms with E-state index in [4.69, 9.17) is 0 Å². The molecule has 0 heterocycles. The van der Waals surface area contributed by atoms with Gasteiger partial charge in [-0.15, -0.1) is 0 Å². The third-order valence-electron chi connectivity index (χ3n) is 3.33. The third-order valence-corrected chi connectivity index (χ3v) is 4.63. The molecule has 1 N–H and O–H groups in total. The maximum Gasteiger partial charge on any atom is 0.0221 e. The molecule has 0 atom stereocenters. The summed E-state index contributed by atoms with van der Waals surface area (Å²) in [5, 5.41) is 3.57. The zero-order valence-electron chi connectivity index (χ0n) is 13.7. The van der Waals surface area contributed by atoms with Crippen LogP contribution < -0.4 is 5.32 Å². The summed E-state index contributed by atoms with van der Waals surface area (Å²) in [5.74, 6) is 0. The van der Waals surface area contributed by atoms with Crippen molar-refractivity contribution in [1.29, 1.82) is 0 Å². The number of aryl methyl sites for hydroxylation is 2. The van der Waals surface area contributed by atoms with E-state index in [0.717, 1.165) is 6.54 Å². The predicted molar refractivity (Wildman–Crippen MR) is 93.1 cm³/mol. The maximum absolute atomic E-state index is 3.57. The van der Waals surface area contributed by atoms with Crippen molar-refractivity contribution in [2.24, 2.45) is 0 Å².